The van der Waals surface area contributed by atoms with E-state index in [1.54, 1.807) is 0 Å². The number of aliphatic hydroxyl groups excluding tert-OH is 3. The Balaban J connectivity index is 2.71. The first-order valence-electron chi connectivity index (χ1n) is 4.17. The number of nitrogens with one attached hydrogen (secondary N) is 1. The van der Waals surface area contributed by atoms with Crippen molar-refractivity contribution in [2.45, 2.75) is 19.1 Å². The summed E-state index contributed by atoms with van der Waals surface area (Å²) in [5, 5.41) is 29.9. The first-order chi connectivity index (χ1) is 6.56. The summed E-state index contributed by atoms with van der Waals surface area (Å²) >= 11 is 0. The normalized spacial score (nSPS) is 27.1. The Kier molecular flexibility index (Phi) is 3.32. The Morgan fingerprint density at radius 3 is 2.86 bits per heavy atom. The largest absolute Gasteiger partial charge is 0.506 e. The summed E-state index contributed by atoms with van der Waals surface area (Å²) in [4.78, 5) is 10.7. The van der Waals surface area contributed by atoms with Crippen LogP contribution in [-0.4, -0.2) is 46.6 Å². The Morgan fingerprint density at radius 2 is 2.36 bits per heavy atom. The molecule has 0 radical (unpaired) electrons. The average molecular weight is 203 g/mol. The van der Waals surface area contributed by atoms with Gasteiger partial charge in [-0.05, 0) is 0 Å². The first-order valence-corrected chi connectivity index (χ1v) is 4.17. The topological polar surface area (TPSA) is 99.0 Å². The molecule has 80 valence electrons. The van der Waals surface area contributed by atoms with E-state index in [9.17, 15) is 15.0 Å². The molecule has 4 N–H and O–H groups in total. The molecule has 1 heterocycles. The molecule has 2 atom stereocenters. The van der Waals surface area contributed by atoms with E-state index in [1.807, 2.05) is 0 Å². The Hall–Kier alpha value is -1.27. The van der Waals surface area contributed by atoms with Gasteiger partial charge in [-0.3, -0.25) is 4.79 Å². The van der Waals surface area contributed by atoms with E-state index in [0.717, 1.165) is 0 Å². The standard InChI is InChI=1S/C8H13NO5/c1-4(11)9-5-3-14-6(2-10)8(13)7(5)12/h5,7,10,12-13H,2-3H2,1H3,(H,9,11)/t5-,7+/m0/s1. The highest BCUT2D eigenvalue weighted by molar-refractivity contribution is 5.73. The van der Waals surface area contributed by atoms with Crippen LogP contribution in [0.5, 0.6) is 0 Å². The fraction of sp³-hybridized carbons (Fsp3) is 0.625. The molecule has 0 fully saturated rings. The number of hydrogen-bond acceptors (Lipinski definition) is 5. The lowest BCUT2D eigenvalue weighted by molar-refractivity contribution is -0.121. The Morgan fingerprint density at radius 1 is 1.71 bits per heavy atom. The number of ether oxygens (including phenoxy) is 1. The number of rotatable bonds is 2. The number of amides is 1. The van der Waals surface area contributed by atoms with Gasteiger partial charge in [0.1, 0.15) is 19.3 Å². The summed E-state index contributed by atoms with van der Waals surface area (Å²) in [5.74, 6) is -0.811. The fourth-order valence-corrected chi connectivity index (χ4v) is 1.22. The molecule has 1 aliphatic heterocycles. The van der Waals surface area contributed by atoms with Crippen molar-refractivity contribution in [3.63, 3.8) is 0 Å². The van der Waals surface area contributed by atoms with E-state index in [0.29, 0.717) is 0 Å². The monoisotopic (exact) mass is 203 g/mol. The zero-order valence-corrected chi connectivity index (χ0v) is 7.73. The van der Waals surface area contributed by atoms with Gasteiger partial charge < -0.3 is 25.4 Å². The van der Waals surface area contributed by atoms with Crippen molar-refractivity contribution in [1.29, 1.82) is 0 Å². The van der Waals surface area contributed by atoms with Gasteiger partial charge in [0.2, 0.25) is 5.91 Å². The van der Waals surface area contributed by atoms with Gasteiger partial charge >= 0.3 is 0 Å². The van der Waals surface area contributed by atoms with E-state index >= 15 is 0 Å². The predicted octanol–water partition coefficient (Wildman–Crippen LogP) is -1.36. The predicted molar refractivity (Wildman–Crippen MR) is 46.3 cm³/mol. The highest BCUT2D eigenvalue weighted by Crippen LogP contribution is 2.17. The molecule has 1 aliphatic rings. The minimum atomic E-state index is -1.23. The number of carbonyl (C=O) groups is 1. The number of carbonyl (C=O) groups excluding carboxylic acids is 1. The molecule has 0 aliphatic carbocycles. The molecule has 0 saturated carbocycles. The van der Waals surface area contributed by atoms with Crippen LogP contribution in [-0.2, 0) is 9.53 Å². The van der Waals surface area contributed by atoms with E-state index in [4.69, 9.17) is 9.84 Å². The van der Waals surface area contributed by atoms with E-state index in [2.05, 4.69) is 5.32 Å². The van der Waals surface area contributed by atoms with Crippen molar-refractivity contribution in [2.24, 2.45) is 0 Å². The Labute approximate surface area is 80.8 Å². The molecule has 14 heavy (non-hydrogen) atoms. The number of aliphatic hydroxyl groups is 3. The molecule has 0 bridgehead atoms. The van der Waals surface area contributed by atoms with Crippen LogP contribution < -0.4 is 5.32 Å². The van der Waals surface area contributed by atoms with Crippen molar-refractivity contribution >= 4 is 5.91 Å². The third-order valence-corrected chi connectivity index (χ3v) is 1.92. The van der Waals surface area contributed by atoms with Gasteiger partial charge in [0.25, 0.3) is 0 Å². The maximum absolute atomic E-state index is 10.7. The van der Waals surface area contributed by atoms with Crippen LogP contribution in [0, 0.1) is 0 Å². The van der Waals surface area contributed by atoms with E-state index in [1.165, 1.54) is 6.92 Å². The molecule has 0 aromatic heterocycles. The molecule has 0 saturated heterocycles. The zero-order chi connectivity index (χ0) is 10.7. The highest BCUT2D eigenvalue weighted by atomic mass is 16.5. The van der Waals surface area contributed by atoms with Crippen LogP contribution in [0.15, 0.2) is 11.5 Å². The summed E-state index contributed by atoms with van der Waals surface area (Å²) in [6.07, 6.45) is -1.23. The van der Waals surface area contributed by atoms with Gasteiger partial charge in [-0.1, -0.05) is 0 Å². The summed E-state index contributed by atoms with van der Waals surface area (Å²) in [6.45, 7) is 0.853. The van der Waals surface area contributed by atoms with Crippen LogP contribution in [0.25, 0.3) is 0 Å². The molecule has 0 aromatic carbocycles. The summed E-state index contributed by atoms with van der Waals surface area (Å²) < 4.78 is 4.93. The van der Waals surface area contributed by atoms with Gasteiger partial charge in [-0.2, -0.15) is 0 Å². The van der Waals surface area contributed by atoms with E-state index in [-0.39, 0.29) is 18.3 Å². The minimum Gasteiger partial charge on any atom is -0.506 e. The van der Waals surface area contributed by atoms with Gasteiger partial charge in [-0.25, -0.2) is 0 Å². The fourth-order valence-electron chi connectivity index (χ4n) is 1.22. The first kappa shape index (κ1) is 10.8. The van der Waals surface area contributed by atoms with Gasteiger partial charge in [0, 0.05) is 6.92 Å². The quantitative estimate of drug-likeness (QED) is 0.444. The molecule has 0 unspecified atom stereocenters. The maximum Gasteiger partial charge on any atom is 0.217 e. The third-order valence-electron chi connectivity index (χ3n) is 1.92. The molecular formula is C8H13NO5. The summed E-state index contributed by atoms with van der Waals surface area (Å²) in [6, 6.07) is -0.678. The van der Waals surface area contributed by atoms with Crippen molar-refractivity contribution in [1.82, 2.24) is 5.32 Å². The highest BCUT2D eigenvalue weighted by Gasteiger charge is 2.31. The van der Waals surface area contributed by atoms with E-state index < -0.39 is 24.5 Å². The van der Waals surface area contributed by atoms with Crippen LogP contribution in [0.3, 0.4) is 0 Å². The van der Waals surface area contributed by atoms with Crippen LogP contribution in [0.2, 0.25) is 0 Å². The van der Waals surface area contributed by atoms with Gasteiger partial charge in [-0.15, -0.1) is 0 Å². The van der Waals surface area contributed by atoms with Crippen molar-refractivity contribution in [3.05, 3.63) is 11.5 Å². The molecule has 1 rings (SSSR count). The lowest BCUT2D eigenvalue weighted by atomic mass is 10.1. The molecule has 6 heteroatoms. The van der Waals surface area contributed by atoms with Gasteiger partial charge in [0.15, 0.2) is 11.5 Å². The third kappa shape index (κ3) is 2.15. The molecule has 0 aromatic rings. The van der Waals surface area contributed by atoms with Gasteiger partial charge in [0.05, 0.1) is 6.04 Å². The molecule has 6 nitrogen and oxygen atoms in total. The minimum absolute atomic E-state index is 0.0285. The Bertz CT molecular complexity index is 262. The van der Waals surface area contributed by atoms with Crippen LogP contribution in [0.4, 0.5) is 0 Å². The zero-order valence-electron chi connectivity index (χ0n) is 7.73. The summed E-state index contributed by atoms with van der Waals surface area (Å²) in [7, 11) is 0. The lowest BCUT2D eigenvalue weighted by Crippen LogP contribution is -2.49. The second kappa shape index (κ2) is 4.30. The molecule has 1 amide bonds. The maximum atomic E-state index is 10.7. The summed E-state index contributed by atoms with van der Waals surface area (Å²) in [5.41, 5.74) is 0. The average Bonchev–Trinajstić information content (AvgIpc) is 2.13. The molecular weight excluding hydrogens is 190 g/mol. The second-order valence-corrected chi connectivity index (χ2v) is 3.03. The smallest absolute Gasteiger partial charge is 0.217 e. The van der Waals surface area contributed by atoms with Crippen LogP contribution in [0.1, 0.15) is 6.92 Å². The van der Waals surface area contributed by atoms with Crippen molar-refractivity contribution in [2.75, 3.05) is 13.2 Å². The lowest BCUT2D eigenvalue weighted by Gasteiger charge is -2.29. The van der Waals surface area contributed by atoms with Crippen molar-refractivity contribution in [3.8, 4) is 0 Å². The second-order valence-electron chi connectivity index (χ2n) is 3.03. The SMILES string of the molecule is CC(=O)N[C@H]1COC(CO)=C(O)[C@@H]1O. The molecule has 0 spiro atoms. The van der Waals surface area contributed by atoms with Crippen molar-refractivity contribution < 1.29 is 24.9 Å². The van der Waals surface area contributed by atoms with Crippen LogP contribution >= 0.6 is 0 Å². The number of hydrogen-bond donors (Lipinski definition) is 4.